The molecule has 110 valence electrons. The van der Waals surface area contributed by atoms with E-state index in [0.29, 0.717) is 16.3 Å². The number of carbonyl (C=O) groups is 1. The minimum Gasteiger partial charge on any atom is -0.376 e. The maximum Gasteiger partial charge on any atom is 0.258 e. The molecule has 0 aliphatic heterocycles. The average molecular weight is 307 g/mol. The highest BCUT2D eigenvalue weighted by Gasteiger charge is 2.15. The van der Waals surface area contributed by atoms with Gasteiger partial charge in [0.25, 0.3) is 5.91 Å². The molecule has 5 heteroatoms. The Morgan fingerprint density at radius 3 is 2.62 bits per heavy atom. The van der Waals surface area contributed by atoms with Crippen LogP contribution < -0.4 is 10.2 Å². The molecule has 0 bridgehead atoms. The molecule has 2 rings (SSSR count). The number of halogens is 2. The highest BCUT2D eigenvalue weighted by Crippen LogP contribution is 2.28. The van der Waals surface area contributed by atoms with Gasteiger partial charge in [0, 0.05) is 19.1 Å². The molecular formula is C16H16ClFN2O. The van der Waals surface area contributed by atoms with Crippen molar-refractivity contribution in [3.8, 4) is 0 Å². The zero-order valence-corrected chi connectivity index (χ0v) is 12.8. The van der Waals surface area contributed by atoms with Crippen LogP contribution in [0.2, 0.25) is 5.02 Å². The molecule has 2 aromatic carbocycles. The van der Waals surface area contributed by atoms with Gasteiger partial charge in [-0.1, -0.05) is 23.7 Å². The Morgan fingerprint density at radius 1 is 1.24 bits per heavy atom. The van der Waals surface area contributed by atoms with E-state index < -0.39 is 11.7 Å². The Morgan fingerprint density at radius 2 is 1.95 bits per heavy atom. The number of aryl methyl sites for hydroxylation is 1. The summed E-state index contributed by atoms with van der Waals surface area (Å²) in [6, 6.07) is 9.90. The summed E-state index contributed by atoms with van der Waals surface area (Å²) >= 11 is 5.96. The lowest BCUT2D eigenvalue weighted by molar-refractivity contribution is 0.102. The molecule has 0 atom stereocenters. The van der Waals surface area contributed by atoms with E-state index in [9.17, 15) is 9.18 Å². The number of anilines is 2. The number of hydrogen-bond donors (Lipinski definition) is 1. The van der Waals surface area contributed by atoms with E-state index >= 15 is 0 Å². The fraction of sp³-hybridized carbons (Fsp3) is 0.188. The van der Waals surface area contributed by atoms with E-state index in [4.69, 9.17) is 11.6 Å². The van der Waals surface area contributed by atoms with Crippen LogP contribution >= 0.6 is 11.6 Å². The van der Waals surface area contributed by atoms with Crippen LogP contribution in [0, 0.1) is 12.7 Å². The summed E-state index contributed by atoms with van der Waals surface area (Å²) in [4.78, 5) is 14.1. The number of rotatable bonds is 3. The Hall–Kier alpha value is -2.07. The Balaban J connectivity index is 2.36. The number of benzene rings is 2. The van der Waals surface area contributed by atoms with E-state index in [2.05, 4.69) is 5.32 Å². The van der Waals surface area contributed by atoms with Crippen molar-refractivity contribution in [3.63, 3.8) is 0 Å². The first-order chi connectivity index (χ1) is 9.90. The van der Waals surface area contributed by atoms with Crippen molar-refractivity contribution in [2.75, 3.05) is 24.3 Å². The number of amides is 1. The summed E-state index contributed by atoms with van der Waals surface area (Å²) in [6.45, 7) is 1.62. The van der Waals surface area contributed by atoms with Gasteiger partial charge in [0.2, 0.25) is 0 Å². The largest absolute Gasteiger partial charge is 0.376 e. The van der Waals surface area contributed by atoms with Gasteiger partial charge in [0.15, 0.2) is 0 Å². The van der Waals surface area contributed by atoms with Gasteiger partial charge in [0.05, 0.1) is 16.9 Å². The molecule has 0 fully saturated rings. The fourth-order valence-corrected chi connectivity index (χ4v) is 2.18. The third-order valence-corrected chi connectivity index (χ3v) is 3.36. The van der Waals surface area contributed by atoms with Crippen molar-refractivity contribution >= 4 is 28.9 Å². The van der Waals surface area contributed by atoms with Crippen LogP contribution in [0.4, 0.5) is 15.8 Å². The zero-order valence-electron chi connectivity index (χ0n) is 12.1. The predicted molar refractivity (Wildman–Crippen MR) is 84.9 cm³/mol. The molecule has 0 heterocycles. The SMILES string of the molecule is Cc1cccc(C(=O)Nc2cc(Cl)ccc2N(C)C)c1F. The molecule has 3 nitrogen and oxygen atoms in total. The number of nitrogens with one attached hydrogen (secondary N) is 1. The molecule has 0 saturated carbocycles. The molecule has 0 radical (unpaired) electrons. The van der Waals surface area contributed by atoms with Crippen LogP contribution in [-0.4, -0.2) is 20.0 Å². The van der Waals surface area contributed by atoms with Crippen molar-refractivity contribution in [2.24, 2.45) is 0 Å². The van der Waals surface area contributed by atoms with E-state index in [0.717, 1.165) is 5.69 Å². The van der Waals surface area contributed by atoms with Crippen molar-refractivity contribution < 1.29 is 9.18 Å². The smallest absolute Gasteiger partial charge is 0.258 e. The number of carbonyl (C=O) groups excluding carboxylic acids is 1. The van der Waals surface area contributed by atoms with Crippen molar-refractivity contribution in [1.29, 1.82) is 0 Å². The van der Waals surface area contributed by atoms with Crippen LogP contribution in [0.5, 0.6) is 0 Å². The minimum absolute atomic E-state index is 0.0136. The van der Waals surface area contributed by atoms with E-state index in [-0.39, 0.29) is 5.56 Å². The van der Waals surface area contributed by atoms with E-state index in [1.54, 1.807) is 37.3 Å². The molecule has 0 aliphatic rings. The quantitative estimate of drug-likeness (QED) is 0.925. The topological polar surface area (TPSA) is 32.3 Å². The third kappa shape index (κ3) is 3.34. The minimum atomic E-state index is -0.511. The molecule has 0 aromatic heterocycles. The van der Waals surface area contributed by atoms with Gasteiger partial charge >= 0.3 is 0 Å². The zero-order chi connectivity index (χ0) is 15.6. The molecule has 0 saturated heterocycles. The highest BCUT2D eigenvalue weighted by molar-refractivity contribution is 6.31. The monoisotopic (exact) mass is 306 g/mol. The molecule has 0 aliphatic carbocycles. The van der Waals surface area contributed by atoms with Gasteiger partial charge in [0.1, 0.15) is 5.82 Å². The summed E-state index contributed by atoms with van der Waals surface area (Å²) in [5.41, 5.74) is 1.78. The van der Waals surface area contributed by atoms with Gasteiger partial charge in [-0.15, -0.1) is 0 Å². The predicted octanol–water partition coefficient (Wildman–Crippen LogP) is 4.11. The lowest BCUT2D eigenvalue weighted by Gasteiger charge is -2.18. The van der Waals surface area contributed by atoms with Crippen LogP contribution in [0.25, 0.3) is 0 Å². The summed E-state index contributed by atoms with van der Waals surface area (Å²) in [6.07, 6.45) is 0. The van der Waals surface area contributed by atoms with Crippen molar-refractivity contribution in [2.45, 2.75) is 6.92 Å². The summed E-state index contributed by atoms with van der Waals surface area (Å²) in [5.74, 6) is -1.01. The number of hydrogen-bond acceptors (Lipinski definition) is 2. The molecule has 1 amide bonds. The van der Waals surface area contributed by atoms with E-state index in [1.165, 1.54) is 6.07 Å². The second-order valence-corrected chi connectivity index (χ2v) is 5.38. The Kier molecular flexibility index (Phi) is 4.48. The third-order valence-electron chi connectivity index (χ3n) is 3.13. The second-order valence-electron chi connectivity index (χ2n) is 4.95. The van der Waals surface area contributed by atoms with Crippen LogP contribution in [0.15, 0.2) is 36.4 Å². The maximum absolute atomic E-state index is 14.0. The first kappa shape index (κ1) is 15.3. The van der Waals surface area contributed by atoms with Gasteiger partial charge < -0.3 is 10.2 Å². The average Bonchev–Trinajstić information content (AvgIpc) is 2.41. The first-order valence-electron chi connectivity index (χ1n) is 6.43. The molecular weight excluding hydrogens is 291 g/mol. The van der Waals surface area contributed by atoms with Gasteiger partial charge in [-0.25, -0.2) is 4.39 Å². The maximum atomic E-state index is 14.0. The second kappa shape index (κ2) is 6.14. The van der Waals surface area contributed by atoms with E-state index in [1.807, 2.05) is 19.0 Å². The molecule has 21 heavy (non-hydrogen) atoms. The van der Waals surface area contributed by atoms with Crippen molar-refractivity contribution in [3.05, 3.63) is 58.4 Å². The highest BCUT2D eigenvalue weighted by atomic mass is 35.5. The normalized spacial score (nSPS) is 10.3. The summed E-state index contributed by atoms with van der Waals surface area (Å²) in [5, 5.41) is 3.21. The lowest BCUT2D eigenvalue weighted by Crippen LogP contribution is -2.18. The van der Waals surface area contributed by atoms with Gasteiger partial charge in [-0.05, 0) is 36.8 Å². The standard InChI is InChI=1S/C16H16ClFN2O/c1-10-5-4-6-12(15(10)18)16(21)19-13-9-11(17)7-8-14(13)20(2)3/h4-9H,1-3H3,(H,19,21). The molecule has 2 aromatic rings. The van der Waals surface area contributed by atoms with Crippen LogP contribution in [-0.2, 0) is 0 Å². The summed E-state index contributed by atoms with van der Waals surface area (Å²) < 4.78 is 14.0. The van der Waals surface area contributed by atoms with Gasteiger partial charge in [-0.2, -0.15) is 0 Å². The molecule has 1 N–H and O–H groups in total. The van der Waals surface area contributed by atoms with Crippen LogP contribution in [0.3, 0.4) is 0 Å². The molecule has 0 unspecified atom stereocenters. The lowest BCUT2D eigenvalue weighted by atomic mass is 10.1. The molecule has 0 spiro atoms. The summed E-state index contributed by atoms with van der Waals surface area (Å²) in [7, 11) is 3.71. The van der Waals surface area contributed by atoms with Crippen molar-refractivity contribution in [1.82, 2.24) is 0 Å². The fourth-order valence-electron chi connectivity index (χ4n) is 2.01. The van der Waals surface area contributed by atoms with Gasteiger partial charge in [-0.3, -0.25) is 4.79 Å². The Bertz CT molecular complexity index is 686. The first-order valence-corrected chi connectivity index (χ1v) is 6.81. The van der Waals surface area contributed by atoms with Crippen LogP contribution in [0.1, 0.15) is 15.9 Å². The Labute approximate surface area is 128 Å². The number of nitrogens with zero attached hydrogens (tertiary/aromatic N) is 1.